The maximum absolute atomic E-state index is 7.73. The SMILES string of the molecule is [4H]/P=N\[C@H]1C(C)[C@H](O[C@@H]2OC(CC)[C@@H](O[C@@H]3OC(CC)[C@@H](O[C@@H]4OC(CC)[C@@H](O[C@@H]5OC(CC)[C@@H](C)C(C)[C@@H]5C)C(C)[C@@H]4C)C(C)[C@@H]3C)C(C)[C@@H]2C)C(CC)O[C@H]1C. The van der Waals surface area contributed by atoms with E-state index < -0.39 is 12.6 Å². The molecular formula is C46H84NO9P. The van der Waals surface area contributed by atoms with Crippen molar-refractivity contribution < 1.29 is 42.6 Å². The maximum Gasteiger partial charge on any atom is 0.161 e. The zero-order valence-corrected chi connectivity index (χ0v) is 39.4. The Hall–Kier alpha value is -0.260. The zero-order chi connectivity index (χ0) is 42.7. The molecule has 11 heteroatoms. The van der Waals surface area contributed by atoms with Crippen molar-refractivity contribution in [2.45, 2.75) is 235 Å². The van der Waals surface area contributed by atoms with Crippen molar-refractivity contribution in [1.29, 1.82) is 1.28 Å². The largest absolute Gasteiger partial charge is 0.370 e. The molecule has 0 saturated carbocycles. The molecule has 0 radical (unpaired) electrons. The first kappa shape index (κ1) is 46.2. The molecule has 10 nitrogen and oxygen atoms in total. The van der Waals surface area contributed by atoms with Gasteiger partial charge in [0.05, 0.1) is 67.1 Å². The summed E-state index contributed by atoms with van der Waals surface area (Å²) in [7, 11) is 0.274. The fourth-order valence-electron chi connectivity index (χ4n) is 10.7. The second-order valence-electron chi connectivity index (χ2n) is 19.2. The van der Waals surface area contributed by atoms with Crippen LogP contribution in [0.4, 0.5) is 0 Å². The lowest BCUT2D eigenvalue weighted by Gasteiger charge is -2.52. The van der Waals surface area contributed by atoms with E-state index in [0.29, 0.717) is 17.8 Å². The van der Waals surface area contributed by atoms with E-state index >= 15 is 0 Å². The number of ether oxygens (including phenoxy) is 9. The first-order chi connectivity index (χ1) is 27.6. The third-order valence-electron chi connectivity index (χ3n) is 15.9. The Morgan fingerprint density at radius 1 is 0.386 bits per heavy atom. The highest BCUT2D eigenvalue weighted by atomic mass is 31.0. The molecule has 5 aliphatic heterocycles. The second-order valence-corrected chi connectivity index (χ2v) is 19.4. The molecule has 0 aromatic rings. The van der Waals surface area contributed by atoms with Gasteiger partial charge in [0.15, 0.2) is 25.2 Å². The van der Waals surface area contributed by atoms with Crippen LogP contribution >= 0.6 is 8.98 Å². The molecule has 5 saturated heterocycles. The van der Waals surface area contributed by atoms with Crippen molar-refractivity contribution in [3.8, 4) is 0 Å². The van der Waals surface area contributed by atoms with Gasteiger partial charge >= 0.3 is 0 Å². The van der Waals surface area contributed by atoms with E-state index in [2.05, 4.69) is 116 Å². The molecule has 0 spiro atoms. The van der Waals surface area contributed by atoms with E-state index in [9.17, 15) is 0 Å². The average Bonchev–Trinajstić information content (AvgIpc) is 3.21. The maximum atomic E-state index is 7.73. The van der Waals surface area contributed by atoms with Gasteiger partial charge in [-0.2, -0.15) is 0 Å². The van der Waals surface area contributed by atoms with Gasteiger partial charge in [-0.25, -0.2) is 0 Å². The summed E-state index contributed by atoms with van der Waals surface area (Å²) in [6.45, 7) is 35.6. The normalized spacial score (nSPS) is 52.8. The summed E-state index contributed by atoms with van der Waals surface area (Å²) in [6, 6.07) is -0.0879. The van der Waals surface area contributed by atoms with Crippen LogP contribution in [0.2, 0.25) is 0 Å². The van der Waals surface area contributed by atoms with Crippen LogP contribution in [0.25, 0.3) is 0 Å². The summed E-state index contributed by atoms with van der Waals surface area (Å²) >= 11 is 0. The Balaban J connectivity index is 1.23. The van der Waals surface area contributed by atoms with E-state index in [1.807, 2.05) is 0 Å². The molecule has 5 fully saturated rings. The average molecular weight is 829 g/mol. The predicted molar refractivity (Wildman–Crippen MR) is 226 cm³/mol. The second kappa shape index (κ2) is 20.7. The lowest BCUT2D eigenvalue weighted by molar-refractivity contribution is -0.362. The minimum absolute atomic E-state index is 0.0470. The third kappa shape index (κ3) is 9.87. The van der Waals surface area contributed by atoms with Crippen molar-refractivity contribution in [2.75, 3.05) is 0 Å². The number of rotatable bonds is 14. The molecule has 0 bridgehead atoms. The Bertz CT molecular complexity index is 1280. The van der Waals surface area contributed by atoms with Crippen LogP contribution in [-0.2, 0) is 42.6 Å². The molecule has 25 atom stereocenters. The quantitative estimate of drug-likeness (QED) is 0.159. The fraction of sp³-hybridized carbons (Fsp3) is 1.00. The highest BCUT2D eigenvalue weighted by molar-refractivity contribution is 7.04. The third-order valence-corrected chi connectivity index (χ3v) is 16.2. The zero-order valence-electron chi connectivity index (χ0n) is 39.5. The number of nitrogens with zero attached hydrogens (tertiary/aromatic N) is 1. The van der Waals surface area contributed by atoms with E-state index in [4.69, 9.17) is 43.9 Å². The Kier molecular flexibility index (Phi) is 16.8. The van der Waals surface area contributed by atoms with Crippen molar-refractivity contribution in [2.24, 2.45) is 63.9 Å². The Morgan fingerprint density at radius 3 is 1.02 bits per heavy atom. The van der Waals surface area contributed by atoms with Crippen LogP contribution in [0.5, 0.6) is 0 Å². The number of hydrogen-bond donors (Lipinski definition) is 0. The molecule has 0 aromatic heterocycles. The Morgan fingerprint density at radius 2 is 0.684 bits per heavy atom. The fourth-order valence-corrected chi connectivity index (χ4v) is 11.1. The molecule has 57 heavy (non-hydrogen) atoms. The van der Waals surface area contributed by atoms with Crippen molar-refractivity contribution in [1.82, 2.24) is 0 Å². The summed E-state index contributed by atoms with van der Waals surface area (Å²) in [6.07, 6.45) is 2.10. The van der Waals surface area contributed by atoms with Gasteiger partial charge < -0.3 is 42.6 Å². The van der Waals surface area contributed by atoms with Gasteiger partial charge in [-0.3, -0.25) is 4.74 Å². The standard InChI is InChI=1S/C46H84NO9P/c1-17-33-23(7)22(6)27(11)43(49-33)53-39-24(8)28(12)44(50-35(39)19-3)54-40-25(9)29(13)45(51-36(40)20-4)55-41-26(10)30(14)46(52-37(41)21-5)56-42-31(15)38(47-57)32(16)48-34(42)18-2/h22-46,57H,17-21H2,1-16H3/t22?,23-,24?,25?,26?,27-,28-,29-,30-,31?,32-,33?,34?,35?,36?,37?,38-,39-,40-,41-,42-,43-,44-,45-,46-/m0/s1. The minimum Gasteiger partial charge on any atom is -0.370 e. The summed E-state index contributed by atoms with van der Waals surface area (Å²) in [5.74, 6) is 2.30. The first-order valence-corrected chi connectivity index (χ1v) is 23.7. The highest BCUT2D eigenvalue weighted by Gasteiger charge is 2.52. The minimum atomic E-state index is -0.395. The molecule has 5 aliphatic rings. The molecule has 10 unspecified atom stereocenters. The molecule has 5 heterocycles. The lowest BCUT2D eigenvalue weighted by Crippen LogP contribution is -2.59. The van der Waals surface area contributed by atoms with Gasteiger partial charge in [-0.05, 0) is 77.6 Å². The van der Waals surface area contributed by atoms with Crippen molar-refractivity contribution in [3.63, 3.8) is 0 Å². The summed E-state index contributed by atoms with van der Waals surface area (Å²) in [5.41, 5.74) is 0. The smallest absolute Gasteiger partial charge is 0.161 e. The van der Waals surface area contributed by atoms with Gasteiger partial charge in [-0.15, -0.1) is 0 Å². The van der Waals surface area contributed by atoms with Crippen molar-refractivity contribution in [3.05, 3.63) is 0 Å². The molecule has 0 aliphatic carbocycles. The summed E-state index contributed by atoms with van der Waals surface area (Å²) < 4.78 is 73.8. The summed E-state index contributed by atoms with van der Waals surface area (Å²) in [4.78, 5) is 0. The van der Waals surface area contributed by atoms with Crippen LogP contribution in [0.15, 0.2) is 4.74 Å². The Labute approximate surface area is 351 Å². The van der Waals surface area contributed by atoms with Gasteiger partial charge in [0.1, 0.15) is 1.28 Å². The van der Waals surface area contributed by atoms with Crippen LogP contribution in [0.1, 0.15) is 143 Å². The molecular weight excluding hydrogens is 741 g/mol. The van der Waals surface area contributed by atoms with Crippen LogP contribution < -0.4 is 0 Å². The number of hydrogen-bond acceptors (Lipinski definition) is 10. The van der Waals surface area contributed by atoms with E-state index in [-0.39, 0.29) is 130 Å². The molecule has 332 valence electrons. The van der Waals surface area contributed by atoms with Gasteiger partial charge in [-0.1, -0.05) is 104 Å². The first-order valence-electron chi connectivity index (χ1n) is 23.7. The van der Waals surface area contributed by atoms with E-state index in [0.717, 1.165) is 32.1 Å². The topological polar surface area (TPSA) is 95.4 Å². The predicted octanol–water partition coefficient (Wildman–Crippen LogP) is 10.3. The van der Waals surface area contributed by atoms with Crippen LogP contribution in [0, 0.1) is 59.2 Å². The molecule has 0 aromatic carbocycles. The monoisotopic (exact) mass is 829 g/mol. The van der Waals surface area contributed by atoms with Gasteiger partial charge in [0, 0.05) is 29.6 Å². The van der Waals surface area contributed by atoms with Crippen molar-refractivity contribution >= 4 is 8.98 Å². The van der Waals surface area contributed by atoms with Gasteiger partial charge in [0.2, 0.25) is 0 Å². The molecule has 5 rings (SSSR count). The molecule has 0 N–H and O–H groups in total. The van der Waals surface area contributed by atoms with Gasteiger partial charge in [0.25, 0.3) is 0 Å². The summed E-state index contributed by atoms with van der Waals surface area (Å²) in [5, 5.41) is 0. The lowest BCUT2D eigenvalue weighted by atomic mass is 9.78. The highest BCUT2D eigenvalue weighted by Crippen LogP contribution is 2.45. The van der Waals surface area contributed by atoms with Crippen LogP contribution in [0.3, 0.4) is 0 Å². The van der Waals surface area contributed by atoms with E-state index in [1.165, 1.54) is 0 Å². The molecule has 0 amide bonds. The van der Waals surface area contributed by atoms with E-state index in [1.54, 1.807) is 0 Å². The van der Waals surface area contributed by atoms with Crippen LogP contribution in [-0.4, -0.2) is 93.5 Å².